The smallest absolute Gasteiger partial charge is 0 e. The summed E-state index contributed by atoms with van der Waals surface area (Å²) in [6, 6.07) is 0. The van der Waals surface area contributed by atoms with E-state index in [9.17, 15) is 0 Å². The maximum atomic E-state index is 3.87. The van der Waals surface area contributed by atoms with Crippen LogP contribution in [0.4, 0.5) is 0 Å². The molecule has 0 aromatic rings. The van der Waals surface area contributed by atoms with Gasteiger partial charge >= 0.3 is 0 Å². The van der Waals surface area contributed by atoms with Gasteiger partial charge in [0.2, 0.25) is 0 Å². The third-order valence-electron chi connectivity index (χ3n) is 3.10. The van der Waals surface area contributed by atoms with Crippen molar-refractivity contribution in [2.45, 2.75) is 90.4 Å². The quantitative estimate of drug-likeness (QED) is 0.305. The molecule has 1 radical (unpaired) electrons. The molecule has 0 aliphatic carbocycles. The van der Waals surface area contributed by atoms with Crippen LogP contribution in [-0.2, 0) is 16.8 Å². The molecule has 101 valence electrons. The van der Waals surface area contributed by atoms with Gasteiger partial charge in [-0.1, -0.05) is 84.0 Å². The van der Waals surface area contributed by atoms with Gasteiger partial charge in [-0.25, -0.2) is 0 Å². The normalized spacial score (nSPS) is 10.1. The molecule has 0 spiro atoms. The molecule has 1 heteroatoms. The second-order valence-corrected chi connectivity index (χ2v) is 4.74. The second kappa shape index (κ2) is 17.9. The van der Waals surface area contributed by atoms with Gasteiger partial charge in [-0.05, 0) is 0 Å². The Kier molecular flexibility index (Phi) is 21.1. The molecule has 0 saturated carbocycles. The van der Waals surface area contributed by atoms with E-state index < -0.39 is 0 Å². The van der Waals surface area contributed by atoms with E-state index in [4.69, 9.17) is 0 Å². The summed E-state index contributed by atoms with van der Waals surface area (Å²) >= 11 is 0. The summed E-state index contributed by atoms with van der Waals surface area (Å²) in [6.07, 6.45) is 18.3. The minimum Gasteiger partial charge on any atom is -0.343 e. The zero-order valence-corrected chi connectivity index (χ0v) is 12.3. The standard InChI is InChI=1S/C15H31.Co/c1-3-5-7-9-11-13-15-14-12-10-8-6-4-2;/h1,3-15H2,2H3;/q-1;. The summed E-state index contributed by atoms with van der Waals surface area (Å²) in [6.45, 7) is 6.15. The van der Waals surface area contributed by atoms with Crippen molar-refractivity contribution in [3.8, 4) is 0 Å². The van der Waals surface area contributed by atoms with Crippen LogP contribution >= 0.6 is 0 Å². The molecule has 0 atom stereocenters. The SMILES string of the molecule is [CH2-]CCCCCCCCCCCCCC.[Co]. The van der Waals surface area contributed by atoms with Gasteiger partial charge in [0, 0.05) is 16.8 Å². The van der Waals surface area contributed by atoms with E-state index in [0.717, 1.165) is 6.42 Å². The van der Waals surface area contributed by atoms with Crippen molar-refractivity contribution in [2.24, 2.45) is 0 Å². The van der Waals surface area contributed by atoms with E-state index in [0.29, 0.717) is 0 Å². The van der Waals surface area contributed by atoms with Gasteiger partial charge in [-0.3, -0.25) is 0 Å². The second-order valence-electron chi connectivity index (χ2n) is 4.74. The summed E-state index contributed by atoms with van der Waals surface area (Å²) in [5.74, 6) is 0. The average molecular weight is 270 g/mol. The van der Waals surface area contributed by atoms with Crippen molar-refractivity contribution < 1.29 is 16.8 Å². The van der Waals surface area contributed by atoms with E-state index in [1.165, 1.54) is 77.0 Å². The molecular weight excluding hydrogens is 239 g/mol. The molecule has 0 aromatic heterocycles. The molecule has 0 fully saturated rings. The van der Waals surface area contributed by atoms with Crippen molar-refractivity contribution >= 4 is 0 Å². The van der Waals surface area contributed by atoms with E-state index in [1.54, 1.807) is 0 Å². The molecule has 0 unspecified atom stereocenters. The first-order chi connectivity index (χ1) is 7.41. The fourth-order valence-electron chi connectivity index (χ4n) is 2.02. The van der Waals surface area contributed by atoms with E-state index in [2.05, 4.69) is 13.8 Å². The Morgan fingerprint density at radius 3 is 1.19 bits per heavy atom. The van der Waals surface area contributed by atoms with E-state index >= 15 is 0 Å². The summed E-state index contributed by atoms with van der Waals surface area (Å²) in [7, 11) is 0. The van der Waals surface area contributed by atoms with Crippen LogP contribution in [0.1, 0.15) is 90.4 Å². The molecule has 0 aromatic carbocycles. The predicted molar refractivity (Wildman–Crippen MR) is 71.1 cm³/mol. The number of unbranched alkanes of at least 4 members (excludes halogenated alkanes) is 12. The van der Waals surface area contributed by atoms with Gasteiger partial charge in [0.25, 0.3) is 0 Å². The minimum absolute atomic E-state index is 0. The zero-order chi connectivity index (χ0) is 11.2. The van der Waals surface area contributed by atoms with Gasteiger partial charge in [-0.15, -0.1) is 0 Å². The summed E-state index contributed by atoms with van der Waals surface area (Å²) < 4.78 is 0. The van der Waals surface area contributed by atoms with Crippen molar-refractivity contribution in [1.82, 2.24) is 0 Å². The molecule has 0 nitrogen and oxygen atoms in total. The van der Waals surface area contributed by atoms with Crippen LogP contribution in [0.2, 0.25) is 0 Å². The Labute approximate surface area is 114 Å². The van der Waals surface area contributed by atoms with Crippen LogP contribution in [0.25, 0.3) is 0 Å². The molecule has 0 rings (SSSR count). The average Bonchev–Trinajstić information content (AvgIpc) is 2.26. The number of hydrogen-bond acceptors (Lipinski definition) is 0. The molecule has 0 N–H and O–H groups in total. The summed E-state index contributed by atoms with van der Waals surface area (Å²) in [5.41, 5.74) is 0. The summed E-state index contributed by atoms with van der Waals surface area (Å²) in [5, 5.41) is 0. The zero-order valence-electron chi connectivity index (χ0n) is 11.2. The molecule has 0 aliphatic rings. The first-order valence-electron chi connectivity index (χ1n) is 7.21. The largest absolute Gasteiger partial charge is 0.343 e. The van der Waals surface area contributed by atoms with Crippen LogP contribution in [-0.4, -0.2) is 0 Å². The Morgan fingerprint density at radius 1 is 0.562 bits per heavy atom. The topological polar surface area (TPSA) is 0 Å². The Hall–Kier alpha value is 0.506. The maximum Gasteiger partial charge on any atom is 0 e. The fraction of sp³-hybridized carbons (Fsp3) is 0.933. The van der Waals surface area contributed by atoms with Gasteiger partial charge in [0.1, 0.15) is 0 Å². The van der Waals surface area contributed by atoms with Gasteiger partial charge in [-0.2, -0.15) is 6.42 Å². The van der Waals surface area contributed by atoms with E-state index in [-0.39, 0.29) is 16.8 Å². The molecule has 0 amide bonds. The van der Waals surface area contributed by atoms with Crippen LogP contribution < -0.4 is 0 Å². The molecule has 0 saturated heterocycles. The fourth-order valence-corrected chi connectivity index (χ4v) is 2.02. The van der Waals surface area contributed by atoms with Crippen LogP contribution in [0.5, 0.6) is 0 Å². The monoisotopic (exact) mass is 270 g/mol. The Balaban J connectivity index is 0. The van der Waals surface area contributed by atoms with Crippen molar-refractivity contribution in [3.63, 3.8) is 0 Å². The van der Waals surface area contributed by atoms with Crippen molar-refractivity contribution in [2.75, 3.05) is 0 Å². The number of hydrogen-bond donors (Lipinski definition) is 0. The molecule has 16 heavy (non-hydrogen) atoms. The molecule has 0 aliphatic heterocycles. The third kappa shape index (κ3) is 16.9. The van der Waals surface area contributed by atoms with Gasteiger partial charge in [0.15, 0.2) is 0 Å². The van der Waals surface area contributed by atoms with Crippen molar-refractivity contribution in [1.29, 1.82) is 0 Å². The summed E-state index contributed by atoms with van der Waals surface area (Å²) in [4.78, 5) is 0. The van der Waals surface area contributed by atoms with Crippen LogP contribution in [0, 0.1) is 6.92 Å². The van der Waals surface area contributed by atoms with Crippen LogP contribution in [0.15, 0.2) is 0 Å². The number of rotatable bonds is 12. The van der Waals surface area contributed by atoms with E-state index in [1.807, 2.05) is 0 Å². The first kappa shape index (κ1) is 18.9. The van der Waals surface area contributed by atoms with Gasteiger partial charge in [0.05, 0.1) is 0 Å². The first-order valence-corrected chi connectivity index (χ1v) is 7.21. The predicted octanol–water partition coefficient (Wildman–Crippen LogP) is 5.91. The van der Waals surface area contributed by atoms with Crippen molar-refractivity contribution in [3.05, 3.63) is 6.92 Å². The molecular formula is C15H31Co-. The third-order valence-corrected chi connectivity index (χ3v) is 3.10. The van der Waals surface area contributed by atoms with Gasteiger partial charge < -0.3 is 6.92 Å². The molecule has 0 bridgehead atoms. The Morgan fingerprint density at radius 2 is 0.875 bits per heavy atom. The molecule has 0 heterocycles. The van der Waals surface area contributed by atoms with Crippen LogP contribution in [0.3, 0.4) is 0 Å². The maximum absolute atomic E-state index is 3.87. The minimum atomic E-state index is 0. The Bertz CT molecular complexity index is 89.6.